The van der Waals surface area contributed by atoms with Crippen LogP contribution in [-0.4, -0.2) is 51.8 Å². The molecule has 2 heterocycles. The molecule has 0 spiro atoms. The van der Waals surface area contributed by atoms with E-state index in [-0.39, 0.29) is 36.2 Å². The fraction of sp³-hybridized carbons (Fsp3) is 0.821. The van der Waals surface area contributed by atoms with E-state index in [1.54, 1.807) is 17.8 Å². The zero-order valence-electron chi connectivity index (χ0n) is 25.2. The van der Waals surface area contributed by atoms with Crippen molar-refractivity contribution in [3.05, 3.63) is 12.7 Å². The van der Waals surface area contributed by atoms with Gasteiger partial charge >= 0.3 is 29.6 Å². The number of unbranched alkanes of at least 4 members (excludes halogenated alkanes) is 13. The van der Waals surface area contributed by atoms with Crippen molar-refractivity contribution >= 4 is 24.6 Å². The van der Waals surface area contributed by atoms with Crippen LogP contribution in [0.15, 0.2) is 12.7 Å². The molecular formula is C28H51N5NaO5P. The SMILES string of the molecule is CCCCCCCCCCCCCCCCOCCCOP(=O)([O-])CO[C@H](C)Cn1cnc2c(N)ncnc21.[Na+]. The van der Waals surface area contributed by atoms with Crippen LogP contribution in [0.1, 0.15) is 110 Å². The van der Waals surface area contributed by atoms with Gasteiger partial charge in [-0.15, -0.1) is 0 Å². The normalized spacial score (nSPS) is 13.8. The Bertz CT molecular complexity index is 951. The number of ether oxygens (including phenoxy) is 2. The predicted molar refractivity (Wildman–Crippen MR) is 154 cm³/mol. The minimum atomic E-state index is -4.08. The van der Waals surface area contributed by atoms with E-state index in [4.69, 9.17) is 19.7 Å². The molecule has 0 saturated heterocycles. The van der Waals surface area contributed by atoms with Crippen LogP contribution in [0, 0.1) is 0 Å². The van der Waals surface area contributed by atoms with E-state index in [2.05, 4.69) is 21.9 Å². The predicted octanol–water partition coefficient (Wildman–Crippen LogP) is 3.23. The van der Waals surface area contributed by atoms with Crippen LogP contribution >= 0.6 is 7.60 Å². The maximum Gasteiger partial charge on any atom is 1.00 e. The van der Waals surface area contributed by atoms with Gasteiger partial charge in [0.15, 0.2) is 19.1 Å². The Hall–Kier alpha value is -0.580. The minimum Gasteiger partial charge on any atom is -0.777 e. The topological polar surface area (TPSA) is 137 Å². The fourth-order valence-electron chi connectivity index (χ4n) is 4.48. The van der Waals surface area contributed by atoms with Crippen molar-refractivity contribution < 1.29 is 53.0 Å². The molecule has 0 bridgehead atoms. The second-order valence-electron chi connectivity index (χ2n) is 10.4. The molecule has 0 aliphatic heterocycles. The molecule has 2 atom stereocenters. The second kappa shape index (κ2) is 22.9. The van der Waals surface area contributed by atoms with Gasteiger partial charge in [0.25, 0.3) is 0 Å². The summed E-state index contributed by atoms with van der Waals surface area (Å²) >= 11 is 0. The van der Waals surface area contributed by atoms with Crippen molar-refractivity contribution in [3.8, 4) is 0 Å². The van der Waals surface area contributed by atoms with E-state index in [0.717, 1.165) is 6.42 Å². The van der Waals surface area contributed by atoms with Crippen molar-refractivity contribution in [1.82, 2.24) is 19.5 Å². The first-order chi connectivity index (χ1) is 18.9. The maximum absolute atomic E-state index is 12.2. The second-order valence-corrected chi connectivity index (χ2v) is 12.2. The molecule has 2 rings (SSSR count). The standard InChI is InChI=1S/C28H52N5O5P.Na/c1-3-4-5-6-7-8-9-10-11-12-13-14-15-16-18-36-19-17-20-38-39(34,35)24-37-25(2)21-33-23-32-26-27(29)30-22-31-28(26)33;/h22-23,25H,3-21,24H2,1-2H3,(H,34,35)(H2,29,30,31);/q;+1/p-1/t25-;/m1./s1. The molecule has 1 unspecified atom stereocenters. The van der Waals surface area contributed by atoms with E-state index in [9.17, 15) is 9.46 Å². The largest absolute Gasteiger partial charge is 1.00 e. The summed E-state index contributed by atoms with van der Waals surface area (Å²) < 4.78 is 30.1. The Kier molecular flexibility index (Phi) is 21.5. The molecule has 40 heavy (non-hydrogen) atoms. The van der Waals surface area contributed by atoms with Crippen molar-refractivity contribution in [3.63, 3.8) is 0 Å². The number of rotatable bonds is 25. The Morgan fingerprint density at radius 1 is 0.875 bits per heavy atom. The first-order valence-electron chi connectivity index (χ1n) is 15.0. The monoisotopic (exact) mass is 591 g/mol. The Morgan fingerprint density at radius 3 is 2.08 bits per heavy atom. The molecule has 2 N–H and O–H groups in total. The van der Waals surface area contributed by atoms with Gasteiger partial charge in [-0.05, 0) is 19.8 Å². The Balaban J connectivity index is 0.00000800. The summed E-state index contributed by atoms with van der Waals surface area (Å²) in [5, 5.41) is 0. The van der Waals surface area contributed by atoms with Crippen LogP contribution in [-0.2, 0) is 25.1 Å². The molecule has 0 aromatic carbocycles. The smallest absolute Gasteiger partial charge is 0.777 e. The van der Waals surface area contributed by atoms with Crippen LogP contribution in [0.2, 0.25) is 0 Å². The summed E-state index contributed by atoms with van der Waals surface area (Å²) in [5.41, 5.74) is 6.88. The fourth-order valence-corrected chi connectivity index (χ4v) is 5.40. The molecule has 0 fully saturated rings. The number of nitrogen functional groups attached to an aromatic ring is 1. The number of fused-ring (bicyclic) bond motifs is 1. The van der Waals surface area contributed by atoms with Crippen LogP contribution in [0.3, 0.4) is 0 Å². The van der Waals surface area contributed by atoms with E-state index < -0.39 is 20.0 Å². The van der Waals surface area contributed by atoms with Gasteiger partial charge in [0.05, 0.1) is 25.6 Å². The number of anilines is 1. The number of imidazole rings is 1. The summed E-state index contributed by atoms with van der Waals surface area (Å²) in [6, 6.07) is 0. The summed E-state index contributed by atoms with van der Waals surface area (Å²) in [6.45, 7) is 5.73. The molecule has 0 amide bonds. The third kappa shape index (κ3) is 16.8. The molecular weight excluding hydrogens is 540 g/mol. The Labute approximate surface area is 263 Å². The summed E-state index contributed by atoms with van der Waals surface area (Å²) in [5.74, 6) is 0.299. The quantitative estimate of drug-likeness (QED) is 0.105. The zero-order chi connectivity index (χ0) is 28.2. The number of nitrogens with two attached hydrogens (primary N) is 1. The van der Waals surface area contributed by atoms with Crippen molar-refractivity contribution in [2.24, 2.45) is 0 Å². The molecule has 2 aromatic rings. The van der Waals surface area contributed by atoms with Crippen molar-refractivity contribution in [2.75, 3.05) is 31.9 Å². The van der Waals surface area contributed by atoms with Crippen LogP contribution in [0.5, 0.6) is 0 Å². The molecule has 10 nitrogen and oxygen atoms in total. The number of hydrogen-bond donors (Lipinski definition) is 1. The average molecular weight is 592 g/mol. The van der Waals surface area contributed by atoms with Crippen molar-refractivity contribution in [1.29, 1.82) is 0 Å². The third-order valence-corrected chi connectivity index (χ3v) is 7.80. The molecule has 12 heteroatoms. The molecule has 2 aromatic heterocycles. The summed E-state index contributed by atoms with van der Waals surface area (Å²) in [4.78, 5) is 24.4. The van der Waals surface area contributed by atoms with Gasteiger partial charge in [-0.25, -0.2) is 15.0 Å². The van der Waals surface area contributed by atoms with E-state index in [1.165, 1.54) is 89.8 Å². The molecule has 0 saturated carbocycles. The van der Waals surface area contributed by atoms with Gasteiger partial charge < -0.3 is 33.8 Å². The molecule has 224 valence electrons. The van der Waals surface area contributed by atoms with Crippen LogP contribution in [0.25, 0.3) is 11.2 Å². The van der Waals surface area contributed by atoms with Gasteiger partial charge in [0, 0.05) is 13.2 Å². The first kappa shape index (κ1) is 37.4. The summed E-state index contributed by atoms with van der Waals surface area (Å²) in [6.07, 6.45) is 21.3. The summed E-state index contributed by atoms with van der Waals surface area (Å²) in [7, 11) is -4.08. The van der Waals surface area contributed by atoms with Crippen molar-refractivity contribution in [2.45, 2.75) is 123 Å². The zero-order valence-corrected chi connectivity index (χ0v) is 28.1. The minimum absolute atomic E-state index is 0. The molecule has 0 aliphatic carbocycles. The van der Waals surface area contributed by atoms with Gasteiger partial charge in [0.2, 0.25) is 0 Å². The van der Waals surface area contributed by atoms with Gasteiger partial charge in [-0.3, -0.25) is 0 Å². The number of aromatic nitrogens is 4. The van der Waals surface area contributed by atoms with Gasteiger partial charge in [-0.2, -0.15) is 0 Å². The van der Waals surface area contributed by atoms with E-state index in [1.807, 2.05) is 0 Å². The van der Waals surface area contributed by atoms with Gasteiger partial charge in [0.1, 0.15) is 18.2 Å². The van der Waals surface area contributed by atoms with E-state index >= 15 is 0 Å². The molecule has 0 aliphatic rings. The first-order valence-corrected chi connectivity index (χ1v) is 16.7. The van der Waals surface area contributed by atoms with Crippen LogP contribution < -0.4 is 40.2 Å². The Morgan fingerprint density at radius 2 is 1.45 bits per heavy atom. The van der Waals surface area contributed by atoms with Crippen LogP contribution in [0.4, 0.5) is 5.82 Å². The van der Waals surface area contributed by atoms with Gasteiger partial charge in [-0.1, -0.05) is 90.4 Å². The van der Waals surface area contributed by atoms with E-state index in [0.29, 0.717) is 43.2 Å². The number of nitrogens with zero attached hydrogens (tertiary/aromatic N) is 4. The molecule has 0 radical (unpaired) electrons. The maximum atomic E-state index is 12.2. The average Bonchev–Trinajstić information content (AvgIpc) is 3.32. The third-order valence-electron chi connectivity index (χ3n) is 6.76. The number of hydrogen-bond acceptors (Lipinski definition) is 9.